The molecule has 4 nitrogen and oxygen atoms in total. The summed E-state index contributed by atoms with van der Waals surface area (Å²) in [6.07, 6.45) is -0.252. The Hall–Kier alpha value is -2.17. The minimum atomic E-state index is -0.619. The van der Waals surface area contributed by atoms with Crippen LogP contribution in [0.3, 0.4) is 0 Å². The maximum atomic E-state index is 14.0. The highest BCUT2D eigenvalue weighted by atomic mass is 19.1. The van der Waals surface area contributed by atoms with Crippen LogP contribution in [0, 0.1) is 5.82 Å². The minimum absolute atomic E-state index is 0.0286. The van der Waals surface area contributed by atoms with Gasteiger partial charge in [-0.1, -0.05) is 18.2 Å². The van der Waals surface area contributed by atoms with Crippen LogP contribution in [0.2, 0.25) is 0 Å². The summed E-state index contributed by atoms with van der Waals surface area (Å²) in [6.45, 7) is 5.11. The number of rotatable bonds is 3. The van der Waals surface area contributed by atoms with Gasteiger partial charge >= 0.3 is 5.97 Å². The largest absolute Gasteiger partial charge is 0.460 e. The molecule has 0 radical (unpaired) electrons. The van der Waals surface area contributed by atoms with E-state index in [1.54, 1.807) is 39.0 Å². The number of carbonyl (C=O) groups is 2. The van der Waals surface area contributed by atoms with Gasteiger partial charge in [0.2, 0.25) is 5.91 Å². The van der Waals surface area contributed by atoms with Gasteiger partial charge in [0.25, 0.3) is 0 Å². The molecule has 0 saturated heterocycles. The fourth-order valence-electron chi connectivity index (χ4n) is 2.47. The van der Waals surface area contributed by atoms with Crippen LogP contribution in [0.4, 0.5) is 4.39 Å². The number of esters is 1. The monoisotopic (exact) mass is 291 g/mol. The molecule has 0 bridgehead atoms. The zero-order chi connectivity index (χ0) is 15.6. The van der Waals surface area contributed by atoms with E-state index < -0.39 is 17.7 Å². The van der Waals surface area contributed by atoms with E-state index in [0.717, 1.165) is 0 Å². The molecule has 112 valence electrons. The van der Waals surface area contributed by atoms with Crippen LogP contribution in [-0.4, -0.2) is 18.0 Å². The summed E-state index contributed by atoms with van der Waals surface area (Å²) in [6, 6.07) is 6.17. The summed E-state index contributed by atoms with van der Waals surface area (Å²) in [5.74, 6) is -1.80. The van der Waals surface area contributed by atoms with Crippen LogP contribution < -0.4 is 5.32 Å². The van der Waals surface area contributed by atoms with Crippen molar-refractivity contribution in [3.63, 3.8) is 0 Å². The second kappa shape index (κ2) is 6.08. The van der Waals surface area contributed by atoms with Crippen molar-refractivity contribution in [2.24, 2.45) is 0 Å². The highest BCUT2D eigenvalue weighted by Gasteiger charge is 2.34. The van der Waals surface area contributed by atoms with Crippen molar-refractivity contribution in [3.8, 4) is 0 Å². The zero-order valence-electron chi connectivity index (χ0n) is 12.3. The second-order valence-corrected chi connectivity index (χ2v) is 5.32. The average Bonchev–Trinajstić information content (AvgIpc) is 2.37. The Bertz CT molecular complexity index is 607. The predicted octanol–water partition coefficient (Wildman–Crippen LogP) is 2.65. The maximum absolute atomic E-state index is 14.0. The topological polar surface area (TPSA) is 55.4 Å². The number of halogens is 1. The smallest absolute Gasteiger partial charge is 0.336 e. The van der Waals surface area contributed by atoms with Crippen molar-refractivity contribution in [1.29, 1.82) is 0 Å². The number of hydrogen-bond donors (Lipinski definition) is 1. The van der Waals surface area contributed by atoms with Gasteiger partial charge in [-0.3, -0.25) is 4.79 Å². The lowest BCUT2D eigenvalue weighted by Gasteiger charge is -2.27. The van der Waals surface area contributed by atoms with E-state index in [-0.39, 0.29) is 18.4 Å². The van der Waals surface area contributed by atoms with E-state index >= 15 is 0 Å². The van der Waals surface area contributed by atoms with Gasteiger partial charge in [-0.05, 0) is 32.4 Å². The Morgan fingerprint density at radius 1 is 1.38 bits per heavy atom. The lowest BCUT2D eigenvalue weighted by molar-refractivity contribution is -0.143. The van der Waals surface area contributed by atoms with Crippen molar-refractivity contribution in [2.75, 3.05) is 0 Å². The Morgan fingerprint density at radius 3 is 2.67 bits per heavy atom. The molecule has 0 unspecified atom stereocenters. The second-order valence-electron chi connectivity index (χ2n) is 5.32. The number of hydrogen-bond acceptors (Lipinski definition) is 3. The first kappa shape index (κ1) is 15.2. The number of amides is 1. The maximum Gasteiger partial charge on any atom is 0.336 e. The highest BCUT2D eigenvalue weighted by Crippen LogP contribution is 2.34. The van der Waals surface area contributed by atoms with Crippen LogP contribution in [0.15, 0.2) is 35.5 Å². The van der Waals surface area contributed by atoms with Gasteiger partial charge in [-0.15, -0.1) is 0 Å². The van der Waals surface area contributed by atoms with E-state index in [9.17, 15) is 14.0 Å². The summed E-state index contributed by atoms with van der Waals surface area (Å²) >= 11 is 0. The van der Waals surface area contributed by atoms with Gasteiger partial charge in [0.1, 0.15) is 5.82 Å². The number of benzene rings is 1. The van der Waals surface area contributed by atoms with Crippen LogP contribution in [0.1, 0.15) is 38.7 Å². The molecule has 1 heterocycles. The van der Waals surface area contributed by atoms with E-state index in [4.69, 9.17) is 4.74 Å². The quantitative estimate of drug-likeness (QED) is 0.871. The third-order valence-corrected chi connectivity index (χ3v) is 3.31. The molecule has 1 aliphatic heterocycles. The number of carbonyl (C=O) groups excluding carboxylic acids is 2. The van der Waals surface area contributed by atoms with Gasteiger partial charge < -0.3 is 10.1 Å². The van der Waals surface area contributed by atoms with Crippen molar-refractivity contribution < 1.29 is 18.7 Å². The molecular weight excluding hydrogens is 273 g/mol. The Balaban J connectivity index is 2.46. The van der Waals surface area contributed by atoms with Crippen molar-refractivity contribution in [1.82, 2.24) is 5.32 Å². The van der Waals surface area contributed by atoms with Gasteiger partial charge in [0.05, 0.1) is 11.7 Å². The van der Waals surface area contributed by atoms with Crippen LogP contribution in [-0.2, 0) is 14.3 Å². The SMILES string of the molecule is CC1=C(C(=O)OC(C)C)[C@H](c2ccccc2F)CC(=O)N1. The van der Waals surface area contributed by atoms with Crippen molar-refractivity contribution >= 4 is 11.9 Å². The first-order valence-electron chi connectivity index (χ1n) is 6.86. The van der Waals surface area contributed by atoms with Gasteiger partial charge in [-0.2, -0.15) is 0 Å². The molecule has 1 aromatic rings. The minimum Gasteiger partial charge on any atom is -0.460 e. The fourth-order valence-corrected chi connectivity index (χ4v) is 2.47. The van der Waals surface area contributed by atoms with Crippen molar-refractivity contribution in [3.05, 3.63) is 46.9 Å². The Morgan fingerprint density at radius 2 is 2.05 bits per heavy atom. The fraction of sp³-hybridized carbons (Fsp3) is 0.375. The normalized spacial score (nSPS) is 18.7. The van der Waals surface area contributed by atoms with E-state index in [2.05, 4.69) is 5.32 Å². The molecule has 1 amide bonds. The molecule has 1 aliphatic rings. The molecule has 0 saturated carbocycles. The van der Waals surface area contributed by atoms with Crippen LogP contribution in [0.5, 0.6) is 0 Å². The standard InChI is InChI=1S/C16H18FNO3/c1-9(2)21-16(20)15-10(3)18-14(19)8-12(15)11-6-4-5-7-13(11)17/h4-7,9,12H,8H2,1-3H3,(H,18,19)/t12-/m0/s1. The average molecular weight is 291 g/mol. The predicted molar refractivity (Wildman–Crippen MR) is 75.8 cm³/mol. The lowest BCUT2D eigenvalue weighted by atomic mass is 9.84. The summed E-state index contributed by atoms with van der Waals surface area (Å²) in [5, 5.41) is 2.62. The highest BCUT2D eigenvalue weighted by molar-refractivity contribution is 5.95. The van der Waals surface area contributed by atoms with Crippen molar-refractivity contribution in [2.45, 2.75) is 39.2 Å². The molecule has 1 aromatic carbocycles. The third-order valence-electron chi connectivity index (χ3n) is 3.31. The van der Waals surface area contributed by atoms with Crippen LogP contribution >= 0.6 is 0 Å². The summed E-state index contributed by atoms with van der Waals surface area (Å²) in [7, 11) is 0. The summed E-state index contributed by atoms with van der Waals surface area (Å²) < 4.78 is 19.2. The first-order valence-corrected chi connectivity index (χ1v) is 6.86. The molecule has 1 N–H and O–H groups in total. The van der Waals surface area contributed by atoms with E-state index in [1.807, 2.05) is 0 Å². The Labute approximate surface area is 123 Å². The molecule has 5 heteroatoms. The summed E-state index contributed by atoms with van der Waals surface area (Å²) in [4.78, 5) is 24.0. The number of nitrogens with one attached hydrogen (secondary N) is 1. The van der Waals surface area contributed by atoms with Gasteiger partial charge in [0, 0.05) is 18.0 Å². The zero-order valence-corrected chi connectivity index (χ0v) is 12.3. The molecule has 21 heavy (non-hydrogen) atoms. The van der Waals surface area contributed by atoms with Gasteiger partial charge in [-0.25, -0.2) is 9.18 Å². The summed E-state index contributed by atoms with van der Waals surface area (Å²) in [5.41, 5.74) is 1.07. The molecule has 0 fully saturated rings. The first-order chi connectivity index (χ1) is 9.90. The molecule has 0 aromatic heterocycles. The molecule has 2 rings (SSSR count). The van der Waals surface area contributed by atoms with E-state index in [0.29, 0.717) is 16.8 Å². The molecule has 0 spiro atoms. The number of allylic oxidation sites excluding steroid dienone is 1. The molecule has 1 atom stereocenters. The lowest BCUT2D eigenvalue weighted by Crippen LogP contribution is -2.35. The Kier molecular flexibility index (Phi) is 4.40. The molecular formula is C16H18FNO3. The molecule has 0 aliphatic carbocycles. The third kappa shape index (κ3) is 3.29. The van der Waals surface area contributed by atoms with Gasteiger partial charge in [0.15, 0.2) is 0 Å². The van der Waals surface area contributed by atoms with E-state index in [1.165, 1.54) is 6.07 Å². The number of ether oxygens (including phenoxy) is 1. The van der Waals surface area contributed by atoms with Crippen LogP contribution in [0.25, 0.3) is 0 Å².